The fourth-order valence-corrected chi connectivity index (χ4v) is 3.81. The molecule has 0 spiro atoms. The Morgan fingerprint density at radius 3 is 2.61 bits per heavy atom. The molecule has 28 heavy (non-hydrogen) atoms. The lowest BCUT2D eigenvalue weighted by Gasteiger charge is -2.28. The number of benzene rings is 1. The van der Waals surface area contributed by atoms with Crippen LogP contribution in [-0.4, -0.2) is 31.2 Å². The molecule has 7 nitrogen and oxygen atoms in total. The highest BCUT2D eigenvalue weighted by atomic mass is 32.2. The van der Waals surface area contributed by atoms with Crippen LogP contribution in [0.2, 0.25) is 0 Å². The average Bonchev–Trinajstić information content (AvgIpc) is 3.12. The van der Waals surface area contributed by atoms with E-state index in [2.05, 4.69) is 20.2 Å². The Morgan fingerprint density at radius 1 is 1.00 bits per heavy atom. The highest BCUT2D eigenvalue weighted by Gasteiger charge is 2.42. The molecule has 0 N–H and O–H groups in total. The third kappa shape index (κ3) is 3.44. The SMILES string of the molecule is CS(=O)(=O)OCCC1(c2ccccn2)N=NC=C1c1ccnc2ccccc12. The van der Waals surface area contributed by atoms with E-state index in [1.54, 1.807) is 18.6 Å². The van der Waals surface area contributed by atoms with Crippen LogP contribution in [0, 0.1) is 0 Å². The van der Waals surface area contributed by atoms with Crippen LogP contribution in [0.1, 0.15) is 17.7 Å². The summed E-state index contributed by atoms with van der Waals surface area (Å²) >= 11 is 0. The van der Waals surface area contributed by atoms with Gasteiger partial charge in [0.05, 0.1) is 30.3 Å². The van der Waals surface area contributed by atoms with E-state index in [0.29, 0.717) is 5.69 Å². The van der Waals surface area contributed by atoms with E-state index in [4.69, 9.17) is 4.18 Å². The first kappa shape index (κ1) is 18.4. The second-order valence-corrected chi connectivity index (χ2v) is 8.13. The van der Waals surface area contributed by atoms with Crippen LogP contribution in [-0.2, 0) is 19.8 Å². The summed E-state index contributed by atoms with van der Waals surface area (Å²) in [6.45, 7) is -0.0330. The first-order valence-corrected chi connectivity index (χ1v) is 10.5. The van der Waals surface area contributed by atoms with Crippen LogP contribution in [0.4, 0.5) is 0 Å². The number of fused-ring (bicyclic) bond motifs is 1. The monoisotopic (exact) mass is 394 g/mol. The van der Waals surface area contributed by atoms with E-state index in [1.165, 1.54) is 0 Å². The molecule has 0 saturated carbocycles. The zero-order valence-electron chi connectivity index (χ0n) is 15.2. The van der Waals surface area contributed by atoms with Crippen molar-refractivity contribution < 1.29 is 12.6 Å². The van der Waals surface area contributed by atoms with Crippen molar-refractivity contribution in [2.45, 2.75) is 12.0 Å². The van der Waals surface area contributed by atoms with Gasteiger partial charge in [-0.1, -0.05) is 24.3 Å². The highest BCUT2D eigenvalue weighted by molar-refractivity contribution is 7.85. The molecule has 0 saturated heterocycles. The molecule has 142 valence electrons. The number of para-hydroxylation sites is 1. The minimum Gasteiger partial charge on any atom is -0.270 e. The normalized spacial score (nSPS) is 19.1. The minimum absolute atomic E-state index is 0.0330. The van der Waals surface area contributed by atoms with Crippen molar-refractivity contribution in [3.8, 4) is 0 Å². The van der Waals surface area contributed by atoms with Crippen LogP contribution >= 0.6 is 0 Å². The first-order valence-electron chi connectivity index (χ1n) is 8.72. The number of hydrogen-bond acceptors (Lipinski definition) is 7. The van der Waals surface area contributed by atoms with Gasteiger partial charge in [-0.3, -0.25) is 14.2 Å². The molecule has 0 aliphatic carbocycles. The summed E-state index contributed by atoms with van der Waals surface area (Å²) in [6, 6.07) is 15.3. The largest absolute Gasteiger partial charge is 0.270 e. The molecule has 1 aromatic carbocycles. The van der Waals surface area contributed by atoms with Gasteiger partial charge < -0.3 is 0 Å². The molecule has 3 heterocycles. The Bertz CT molecular complexity index is 1170. The second-order valence-electron chi connectivity index (χ2n) is 6.49. The number of nitrogens with zero attached hydrogens (tertiary/aromatic N) is 4. The molecule has 8 heteroatoms. The second kappa shape index (κ2) is 7.21. The summed E-state index contributed by atoms with van der Waals surface area (Å²) in [4.78, 5) is 8.91. The van der Waals surface area contributed by atoms with Crippen molar-refractivity contribution in [1.29, 1.82) is 0 Å². The van der Waals surface area contributed by atoms with Gasteiger partial charge in [0, 0.05) is 29.8 Å². The van der Waals surface area contributed by atoms with Crippen molar-refractivity contribution in [3.63, 3.8) is 0 Å². The Labute approximate surface area is 162 Å². The van der Waals surface area contributed by atoms with Gasteiger partial charge >= 0.3 is 0 Å². The number of pyridine rings is 2. The van der Waals surface area contributed by atoms with E-state index >= 15 is 0 Å². The molecule has 2 aromatic heterocycles. The van der Waals surface area contributed by atoms with Crippen LogP contribution in [0.3, 0.4) is 0 Å². The molecular weight excluding hydrogens is 376 g/mol. The van der Waals surface area contributed by atoms with Gasteiger partial charge in [0.25, 0.3) is 10.1 Å². The smallest absolute Gasteiger partial charge is 0.264 e. The fourth-order valence-electron chi connectivity index (χ4n) is 3.42. The van der Waals surface area contributed by atoms with E-state index in [0.717, 1.165) is 28.3 Å². The van der Waals surface area contributed by atoms with Crippen molar-refractivity contribution in [3.05, 3.63) is 78.4 Å². The van der Waals surface area contributed by atoms with Crippen LogP contribution in [0.15, 0.2) is 77.4 Å². The molecule has 0 amide bonds. The van der Waals surface area contributed by atoms with E-state index in [1.807, 2.05) is 48.5 Å². The topological polar surface area (TPSA) is 93.9 Å². The molecule has 1 atom stereocenters. The fraction of sp³-hybridized carbons (Fsp3) is 0.200. The zero-order chi connectivity index (χ0) is 19.6. The molecule has 0 radical (unpaired) electrons. The van der Waals surface area contributed by atoms with E-state index in [-0.39, 0.29) is 13.0 Å². The van der Waals surface area contributed by atoms with Crippen LogP contribution in [0.5, 0.6) is 0 Å². The third-order valence-corrected chi connectivity index (χ3v) is 5.24. The molecule has 0 bridgehead atoms. The highest BCUT2D eigenvalue weighted by Crippen LogP contribution is 2.46. The van der Waals surface area contributed by atoms with Gasteiger partial charge in [0.2, 0.25) is 0 Å². The van der Waals surface area contributed by atoms with Gasteiger partial charge in [0.15, 0.2) is 5.54 Å². The molecule has 0 fully saturated rings. The minimum atomic E-state index is -3.56. The van der Waals surface area contributed by atoms with Gasteiger partial charge in [0.1, 0.15) is 0 Å². The molecule has 3 aromatic rings. The quantitative estimate of drug-likeness (QED) is 0.594. The number of aromatic nitrogens is 2. The van der Waals surface area contributed by atoms with Gasteiger partial charge in [-0.05, 0) is 29.8 Å². The van der Waals surface area contributed by atoms with Gasteiger partial charge in [-0.15, -0.1) is 0 Å². The summed E-state index contributed by atoms with van der Waals surface area (Å²) in [7, 11) is -3.56. The predicted molar refractivity (Wildman–Crippen MR) is 106 cm³/mol. The van der Waals surface area contributed by atoms with Crippen molar-refractivity contribution in [2.75, 3.05) is 12.9 Å². The lowest BCUT2D eigenvalue weighted by Crippen LogP contribution is -2.27. The maximum absolute atomic E-state index is 11.5. The molecular formula is C20H18N4O3S. The zero-order valence-corrected chi connectivity index (χ0v) is 16.0. The Morgan fingerprint density at radius 2 is 1.82 bits per heavy atom. The van der Waals surface area contributed by atoms with Crippen molar-refractivity contribution in [1.82, 2.24) is 9.97 Å². The maximum atomic E-state index is 11.5. The summed E-state index contributed by atoms with van der Waals surface area (Å²) < 4.78 is 27.9. The van der Waals surface area contributed by atoms with Crippen molar-refractivity contribution in [2.24, 2.45) is 10.2 Å². The lowest BCUT2D eigenvalue weighted by atomic mass is 9.80. The summed E-state index contributed by atoms with van der Waals surface area (Å²) in [5, 5.41) is 9.65. The number of azo groups is 1. The number of hydrogen-bond donors (Lipinski definition) is 0. The summed E-state index contributed by atoms with van der Waals surface area (Å²) in [6.07, 6.45) is 6.45. The summed E-state index contributed by atoms with van der Waals surface area (Å²) in [5.74, 6) is 0. The first-order chi connectivity index (χ1) is 13.5. The van der Waals surface area contributed by atoms with Crippen molar-refractivity contribution >= 4 is 26.6 Å². The molecule has 1 unspecified atom stereocenters. The van der Waals surface area contributed by atoms with E-state index in [9.17, 15) is 8.42 Å². The van der Waals surface area contributed by atoms with Gasteiger partial charge in [-0.25, -0.2) is 0 Å². The maximum Gasteiger partial charge on any atom is 0.264 e. The Balaban J connectivity index is 1.83. The molecule has 4 rings (SSSR count). The third-order valence-electron chi connectivity index (χ3n) is 4.65. The predicted octanol–water partition coefficient (Wildman–Crippen LogP) is 3.70. The van der Waals surface area contributed by atoms with E-state index < -0.39 is 15.7 Å². The molecule has 1 aliphatic heterocycles. The van der Waals surface area contributed by atoms with Gasteiger partial charge in [-0.2, -0.15) is 18.6 Å². The Hall–Kier alpha value is -2.97. The summed E-state index contributed by atoms with van der Waals surface area (Å²) in [5.41, 5.74) is 2.37. The number of rotatable bonds is 6. The van der Waals surface area contributed by atoms with Crippen LogP contribution < -0.4 is 0 Å². The lowest BCUT2D eigenvalue weighted by molar-refractivity contribution is 0.286. The standard InChI is InChI=1S/C20H18N4O3S/c1-28(25,26)27-13-10-20(19-8-4-5-11-22-19)17(14-23-24-20)15-9-12-21-18-7-3-2-6-16(15)18/h2-9,11-12,14H,10,13H2,1H3. The average molecular weight is 394 g/mol. The van der Waals surface area contributed by atoms with Crippen LogP contribution in [0.25, 0.3) is 16.5 Å². The molecule has 1 aliphatic rings. The Kier molecular flexibility index (Phi) is 4.74.